The molecule has 0 radical (unpaired) electrons. The number of rotatable bonds is 4. The molecule has 2 aliphatic rings. The second kappa shape index (κ2) is 7.51. The summed E-state index contributed by atoms with van der Waals surface area (Å²) in [5, 5.41) is 2.80. The Labute approximate surface area is 133 Å². The molecule has 0 spiro atoms. The normalized spacial score (nSPS) is 29.3. The van der Waals surface area contributed by atoms with Crippen molar-refractivity contribution >= 4 is 11.9 Å². The van der Waals surface area contributed by atoms with Gasteiger partial charge in [-0.25, -0.2) is 0 Å². The molecule has 2 fully saturated rings. The van der Waals surface area contributed by atoms with Crippen LogP contribution in [0.1, 0.15) is 38.5 Å². The zero-order chi connectivity index (χ0) is 17.0. The van der Waals surface area contributed by atoms with Crippen molar-refractivity contribution in [2.24, 2.45) is 5.92 Å². The summed E-state index contributed by atoms with van der Waals surface area (Å²) in [7, 11) is 1.32. The first-order valence-electron chi connectivity index (χ1n) is 7.99. The fraction of sp³-hybridized carbons (Fsp3) is 0.867. The quantitative estimate of drug-likeness (QED) is 0.796. The predicted octanol–water partition coefficient (Wildman–Crippen LogP) is 1.86. The molecule has 0 aromatic heterocycles. The Bertz CT molecular complexity index is 434. The monoisotopic (exact) mass is 336 g/mol. The number of halogens is 3. The lowest BCUT2D eigenvalue weighted by Gasteiger charge is -2.31. The standard InChI is InChI=1S/C15H23F3N2O3/c1-23-14(22)12-3-2-8-20(12)9-13(21)19-11-6-4-10(5-7-11)15(16,17)18/h10-12H,2-9H2,1H3,(H,19,21)/t10?,11?,12-/m1/s1. The van der Waals surface area contributed by atoms with Gasteiger partial charge in [-0.15, -0.1) is 0 Å². The fourth-order valence-corrected chi connectivity index (χ4v) is 3.44. The highest BCUT2D eigenvalue weighted by atomic mass is 19.4. The van der Waals surface area contributed by atoms with E-state index >= 15 is 0 Å². The molecule has 1 aliphatic carbocycles. The zero-order valence-electron chi connectivity index (χ0n) is 13.2. The molecule has 1 saturated carbocycles. The van der Waals surface area contributed by atoms with E-state index < -0.39 is 18.1 Å². The minimum absolute atomic E-state index is 0.0585. The van der Waals surface area contributed by atoms with E-state index in [9.17, 15) is 22.8 Å². The van der Waals surface area contributed by atoms with Crippen molar-refractivity contribution in [2.45, 2.75) is 56.8 Å². The molecule has 5 nitrogen and oxygen atoms in total. The number of nitrogens with zero attached hydrogens (tertiary/aromatic N) is 1. The third-order valence-corrected chi connectivity index (χ3v) is 4.74. The number of amides is 1. The van der Waals surface area contributed by atoms with Gasteiger partial charge in [-0.2, -0.15) is 13.2 Å². The molecule has 1 saturated heterocycles. The fourth-order valence-electron chi connectivity index (χ4n) is 3.44. The summed E-state index contributed by atoms with van der Waals surface area (Å²) in [4.78, 5) is 25.5. The Balaban J connectivity index is 1.76. The van der Waals surface area contributed by atoms with Crippen LogP contribution in [-0.2, 0) is 14.3 Å². The lowest BCUT2D eigenvalue weighted by atomic mass is 9.85. The smallest absolute Gasteiger partial charge is 0.391 e. The van der Waals surface area contributed by atoms with E-state index in [0.29, 0.717) is 25.8 Å². The Morgan fingerprint density at radius 2 is 1.83 bits per heavy atom. The third-order valence-electron chi connectivity index (χ3n) is 4.74. The first kappa shape index (κ1) is 18.0. The highest BCUT2D eigenvalue weighted by Crippen LogP contribution is 2.37. The summed E-state index contributed by atoms with van der Waals surface area (Å²) in [6.45, 7) is 0.729. The molecule has 0 bridgehead atoms. The molecule has 8 heteroatoms. The topological polar surface area (TPSA) is 58.6 Å². The number of hydrogen-bond acceptors (Lipinski definition) is 4. The zero-order valence-corrected chi connectivity index (χ0v) is 13.2. The number of methoxy groups -OCH3 is 1. The maximum atomic E-state index is 12.6. The largest absolute Gasteiger partial charge is 0.468 e. The van der Waals surface area contributed by atoms with E-state index in [4.69, 9.17) is 4.74 Å². The second-order valence-electron chi connectivity index (χ2n) is 6.31. The van der Waals surface area contributed by atoms with Gasteiger partial charge >= 0.3 is 12.1 Å². The van der Waals surface area contributed by atoms with Gasteiger partial charge in [0, 0.05) is 6.04 Å². The Morgan fingerprint density at radius 1 is 1.17 bits per heavy atom. The molecule has 1 aliphatic heterocycles. The summed E-state index contributed by atoms with van der Waals surface area (Å²) in [6.07, 6.45) is -1.85. The Kier molecular flexibility index (Phi) is 5.89. The summed E-state index contributed by atoms with van der Waals surface area (Å²) in [6, 6.07) is -0.605. The highest BCUT2D eigenvalue weighted by molar-refractivity contribution is 5.81. The second-order valence-corrected chi connectivity index (χ2v) is 6.31. The summed E-state index contributed by atoms with van der Waals surface area (Å²) in [5.74, 6) is -1.84. The van der Waals surface area contributed by atoms with Crippen molar-refractivity contribution in [1.82, 2.24) is 10.2 Å². The molecule has 1 atom stereocenters. The van der Waals surface area contributed by atoms with Gasteiger partial charge in [0.05, 0.1) is 19.6 Å². The van der Waals surface area contributed by atoms with E-state index in [1.165, 1.54) is 7.11 Å². The van der Waals surface area contributed by atoms with E-state index in [-0.39, 0.29) is 37.3 Å². The minimum Gasteiger partial charge on any atom is -0.468 e. The molecule has 1 N–H and O–H groups in total. The molecule has 23 heavy (non-hydrogen) atoms. The Morgan fingerprint density at radius 3 is 2.39 bits per heavy atom. The number of carbonyl (C=O) groups is 2. The number of nitrogens with one attached hydrogen (secondary N) is 1. The lowest BCUT2D eigenvalue weighted by molar-refractivity contribution is -0.182. The van der Waals surface area contributed by atoms with Crippen LogP contribution in [0.4, 0.5) is 13.2 Å². The van der Waals surface area contributed by atoms with E-state index in [0.717, 1.165) is 6.42 Å². The van der Waals surface area contributed by atoms with Gasteiger partial charge in [-0.3, -0.25) is 14.5 Å². The van der Waals surface area contributed by atoms with Crippen molar-refractivity contribution in [2.75, 3.05) is 20.2 Å². The van der Waals surface area contributed by atoms with Crippen LogP contribution in [0.25, 0.3) is 0 Å². The maximum absolute atomic E-state index is 12.6. The SMILES string of the molecule is COC(=O)[C@H]1CCCN1CC(=O)NC1CCC(C(F)(F)F)CC1. The van der Waals surface area contributed by atoms with Crippen LogP contribution in [0.2, 0.25) is 0 Å². The summed E-state index contributed by atoms with van der Waals surface area (Å²) in [5.41, 5.74) is 0. The maximum Gasteiger partial charge on any atom is 0.391 e. The van der Waals surface area contributed by atoms with Crippen LogP contribution in [0.15, 0.2) is 0 Å². The average Bonchev–Trinajstić information content (AvgIpc) is 2.94. The van der Waals surface area contributed by atoms with Gasteiger partial charge in [0.25, 0.3) is 0 Å². The summed E-state index contributed by atoms with van der Waals surface area (Å²) >= 11 is 0. The van der Waals surface area contributed by atoms with E-state index in [2.05, 4.69) is 5.32 Å². The van der Waals surface area contributed by atoms with Gasteiger partial charge < -0.3 is 10.1 Å². The lowest BCUT2D eigenvalue weighted by Crippen LogP contribution is -2.47. The number of ether oxygens (including phenoxy) is 1. The first-order valence-corrected chi connectivity index (χ1v) is 7.99. The molecule has 0 unspecified atom stereocenters. The molecule has 0 aromatic rings. The van der Waals surface area contributed by atoms with Gasteiger partial charge in [0.2, 0.25) is 5.91 Å². The molecule has 2 rings (SSSR count). The van der Waals surface area contributed by atoms with Gasteiger partial charge in [-0.05, 0) is 45.1 Å². The van der Waals surface area contributed by atoms with Gasteiger partial charge in [0.15, 0.2) is 0 Å². The van der Waals surface area contributed by atoms with Crippen molar-refractivity contribution in [3.63, 3.8) is 0 Å². The van der Waals surface area contributed by atoms with Gasteiger partial charge in [0.1, 0.15) is 6.04 Å². The molecule has 1 amide bonds. The van der Waals surface area contributed by atoms with Crippen LogP contribution >= 0.6 is 0 Å². The van der Waals surface area contributed by atoms with Gasteiger partial charge in [-0.1, -0.05) is 0 Å². The number of hydrogen-bond donors (Lipinski definition) is 1. The van der Waals surface area contributed by atoms with Crippen molar-refractivity contribution in [3.8, 4) is 0 Å². The number of carbonyl (C=O) groups excluding carboxylic acids is 2. The molecule has 0 aromatic carbocycles. The van der Waals surface area contributed by atoms with Crippen LogP contribution in [0.3, 0.4) is 0 Å². The number of likely N-dealkylation sites (tertiary alicyclic amines) is 1. The average molecular weight is 336 g/mol. The van der Waals surface area contributed by atoms with E-state index in [1.807, 2.05) is 0 Å². The Hall–Kier alpha value is -1.31. The summed E-state index contributed by atoms with van der Waals surface area (Å²) < 4.78 is 42.6. The van der Waals surface area contributed by atoms with Crippen LogP contribution in [0, 0.1) is 5.92 Å². The predicted molar refractivity (Wildman–Crippen MR) is 76.6 cm³/mol. The molecular weight excluding hydrogens is 313 g/mol. The molecule has 1 heterocycles. The van der Waals surface area contributed by atoms with Crippen LogP contribution in [-0.4, -0.2) is 55.2 Å². The first-order chi connectivity index (χ1) is 10.8. The van der Waals surface area contributed by atoms with Crippen molar-refractivity contribution in [3.05, 3.63) is 0 Å². The van der Waals surface area contributed by atoms with Crippen LogP contribution < -0.4 is 5.32 Å². The van der Waals surface area contributed by atoms with Crippen molar-refractivity contribution < 1.29 is 27.5 Å². The number of esters is 1. The van der Waals surface area contributed by atoms with Crippen molar-refractivity contribution in [1.29, 1.82) is 0 Å². The number of alkyl halides is 3. The van der Waals surface area contributed by atoms with E-state index in [1.54, 1.807) is 4.90 Å². The highest BCUT2D eigenvalue weighted by Gasteiger charge is 2.41. The molecule has 132 valence electrons. The minimum atomic E-state index is -4.14. The third kappa shape index (κ3) is 4.83. The van der Waals surface area contributed by atoms with Crippen LogP contribution in [0.5, 0.6) is 0 Å². The molecular formula is C15H23F3N2O3.